The van der Waals surface area contributed by atoms with Crippen molar-refractivity contribution in [1.82, 2.24) is 0 Å². The zero-order valence-corrected chi connectivity index (χ0v) is 62.6. The molecule has 94 heavy (non-hydrogen) atoms. The smallest absolute Gasteiger partial charge is 0.462 e. The number of esters is 2. The molecule has 0 saturated heterocycles. The average Bonchev–Trinajstić information content (AvgIpc) is 1.56. The van der Waals surface area contributed by atoms with Gasteiger partial charge in [-0.1, -0.05) is 347 Å². The van der Waals surface area contributed by atoms with Crippen LogP contribution in [0.5, 0.6) is 0 Å². The highest BCUT2D eigenvalue weighted by Crippen LogP contribution is 2.43. The number of phosphoric ester groups is 1. The van der Waals surface area contributed by atoms with Crippen LogP contribution in [0, 0.1) is 0 Å². The number of hydrogen-bond acceptors (Lipinski definition) is 7. The first-order valence-electron chi connectivity index (χ1n) is 38.9. The summed E-state index contributed by atoms with van der Waals surface area (Å²) in [5, 5.41) is 0. The normalized spacial score (nSPS) is 13.8. The van der Waals surface area contributed by atoms with Gasteiger partial charge in [-0.15, -0.1) is 0 Å². The minimum atomic E-state index is -4.40. The molecule has 0 bridgehead atoms. The second-order valence-corrected chi connectivity index (χ2v) is 28.4. The molecule has 0 rings (SSSR count). The first kappa shape index (κ1) is 90.2. The Morgan fingerprint density at radius 1 is 0.330 bits per heavy atom. The summed E-state index contributed by atoms with van der Waals surface area (Å²) in [6.07, 6.45) is 107. The fourth-order valence-electron chi connectivity index (χ4n) is 10.8. The van der Waals surface area contributed by atoms with E-state index in [2.05, 4.69) is 148 Å². The van der Waals surface area contributed by atoms with E-state index in [0.29, 0.717) is 17.4 Å². The van der Waals surface area contributed by atoms with Crippen molar-refractivity contribution in [2.24, 2.45) is 0 Å². The van der Waals surface area contributed by atoms with Gasteiger partial charge in [0.25, 0.3) is 0 Å². The van der Waals surface area contributed by atoms with E-state index in [4.69, 9.17) is 18.5 Å². The second kappa shape index (κ2) is 73.4. The number of likely N-dealkylation sites (N-methyl/N-ethyl adjacent to an activating group) is 1. The maximum atomic E-state index is 12.9. The number of phosphoric acid groups is 1. The van der Waals surface area contributed by atoms with E-state index in [1.165, 1.54) is 186 Å². The molecule has 0 spiro atoms. The van der Waals surface area contributed by atoms with Crippen LogP contribution in [0.15, 0.2) is 134 Å². The SMILES string of the molecule is CC/C=C\C/C=C\C/C=C\C/C=C\C/C=C\C/C=C\C/C=C\CCCCCCCCCCCCCC(=O)OC(COC(=O)CCCCCCCCCCCCCCCCCCCCCCCCCC/C=C\C/C=C\C/C=C\C/C=C\CC)COP(=O)(O)OCC[N+](C)(C)C. The molecule has 0 saturated carbocycles. The molecule has 1 N–H and O–H groups in total. The topological polar surface area (TPSA) is 108 Å². The quantitative estimate of drug-likeness (QED) is 0.0211. The summed E-state index contributed by atoms with van der Waals surface area (Å²) in [7, 11) is 1.48. The van der Waals surface area contributed by atoms with E-state index in [0.717, 1.165) is 116 Å². The van der Waals surface area contributed by atoms with Crippen molar-refractivity contribution in [3.63, 3.8) is 0 Å². The number of rotatable bonds is 71. The van der Waals surface area contributed by atoms with Gasteiger partial charge in [0.05, 0.1) is 27.7 Å². The molecular weight excluding hydrogens is 1180 g/mol. The molecule has 0 aliphatic heterocycles. The third kappa shape index (κ3) is 77.2. The highest BCUT2D eigenvalue weighted by atomic mass is 31.2. The second-order valence-electron chi connectivity index (χ2n) is 27.0. The van der Waals surface area contributed by atoms with E-state index in [9.17, 15) is 19.0 Å². The first-order valence-corrected chi connectivity index (χ1v) is 40.4. The standard InChI is InChI=1S/C84H146NO8P/c1-6-8-10-12-14-16-18-20-22-24-26-28-30-32-34-36-38-40-41-42-43-45-46-48-50-52-54-56-58-60-62-64-66-68-70-72-74-76-83(86)90-80-82(81-92-94(88,89)91-79-78-85(3,4)5)93-84(87)77-75-73-71-69-67-65-63-61-59-57-55-53-51-49-47-44-39-37-35-33-31-29-27-25-23-21-19-17-15-13-11-9-7-2/h8-11,14-17,20-23,26-29,33,35,39,44,49,51,82H,6-7,12-13,18-19,24-25,30-32,34,36-38,40-43,45-48,50,52-81H2,1-5H3/p+1/b10-8-,11-9-,16-14-,17-15-,22-20-,23-21-,28-26-,29-27-,35-33-,44-39-,51-49-. The number of ether oxygens (including phenoxy) is 2. The van der Waals surface area contributed by atoms with Crippen molar-refractivity contribution >= 4 is 19.8 Å². The van der Waals surface area contributed by atoms with Crippen molar-refractivity contribution in [2.45, 2.75) is 341 Å². The summed E-state index contributed by atoms with van der Waals surface area (Å²) in [4.78, 5) is 36.0. The Morgan fingerprint density at radius 3 is 0.851 bits per heavy atom. The molecule has 0 aromatic carbocycles. The van der Waals surface area contributed by atoms with E-state index < -0.39 is 26.5 Å². The van der Waals surface area contributed by atoms with Crippen molar-refractivity contribution in [1.29, 1.82) is 0 Å². The van der Waals surface area contributed by atoms with Crippen LogP contribution in [0.2, 0.25) is 0 Å². The van der Waals surface area contributed by atoms with Crippen LogP contribution in [-0.4, -0.2) is 74.9 Å². The van der Waals surface area contributed by atoms with Crippen LogP contribution in [0.4, 0.5) is 0 Å². The monoisotopic (exact) mass is 1330 g/mol. The van der Waals surface area contributed by atoms with Crippen LogP contribution in [-0.2, 0) is 32.7 Å². The van der Waals surface area contributed by atoms with Crippen LogP contribution in [0.25, 0.3) is 0 Å². The molecule has 0 aliphatic rings. The molecule has 0 radical (unpaired) electrons. The van der Waals surface area contributed by atoms with Crippen LogP contribution in [0.3, 0.4) is 0 Å². The molecule has 0 heterocycles. The lowest BCUT2D eigenvalue weighted by atomic mass is 10.0. The predicted octanol–water partition coefficient (Wildman–Crippen LogP) is 25.9. The largest absolute Gasteiger partial charge is 0.472 e. The van der Waals surface area contributed by atoms with Gasteiger partial charge in [-0.2, -0.15) is 0 Å². The number of carbonyl (C=O) groups excluding carboxylic acids is 2. The number of allylic oxidation sites excluding steroid dienone is 22. The lowest BCUT2D eigenvalue weighted by Crippen LogP contribution is -2.37. The highest BCUT2D eigenvalue weighted by Gasteiger charge is 2.27. The van der Waals surface area contributed by atoms with Gasteiger partial charge in [0.1, 0.15) is 19.8 Å². The lowest BCUT2D eigenvalue weighted by molar-refractivity contribution is -0.870. The maximum Gasteiger partial charge on any atom is 0.472 e. The van der Waals surface area contributed by atoms with Gasteiger partial charge in [0.2, 0.25) is 0 Å². The van der Waals surface area contributed by atoms with Crippen molar-refractivity contribution in [3.05, 3.63) is 134 Å². The van der Waals surface area contributed by atoms with Crippen molar-refractivity contribution < 1.29 is 42.1 Å². The predicted molar refractivity (Wildman–Crippen MR) is 408 cm³/mol. The van der Waals surface area contributed by atoms with Crippen LogP contribution >= 0.6 is 7.82 Å². The molecule has 0 aromatic rings. The molecule has 0 amide bonds. The Bertz CT molecular complexity index is 2050. The zero-order chi connectivity index (χ0) is 68.3. The van der Waals surface area contributed by atoms with E-state index in [1.54, 1.807) is 0 Å². The zero-order valence-electron chi connectivity index (χ0n) is 61.7. The number of quaternary nitrogens is 1. The Labute approximate surface area is 581 Å². The van der Waals surface area contributed by atoms with Crippen LogP contribution in [0.1, 0.15) is 335 Å². The molecule has 0 aliphatic carbocycles. The van der Waals surface area contributed by atoms with Crippen molar-refractivity contribution in [2.75, 3.05) is 47.5 Å². The molecule has 0 aromatic heterocycles. The molecule has 2 unspecified atom stereocenters. The number of unbranched alkanes of at least 4 members (excludes halogenated alkanes) is 35. The Kier molecular flexibility index (Phi) is 70.4. The highest BCUT2D eigenvalue weighted by molar-refractivity contribution is 7.47. The molecule has 9 nitrogen and oxygen atoms in total. The minimum Gasteiger partial charge on any atom is -0.462 e. The molecule has 540 valence electrons. The van der Waals surface area contributed by atoms with E-state index in [1.807, 2.05) is 21.1 Å². The van der Waals surface area contributed by atoms with Gasteiger partial charge < -0.3 is 18.9 Å². The third-order valence-corrected chi connectivity index (χ3v) is 17.7. The minimum absolute atomic E-state index is 0.0276. The Balaban J connectivity index is 3.98. The van der Waals surface area contributed by atoms with Gasteiger partial charge in [0.15, 0.2) is 6.10 Å². The molecular formula is C84H147NO8P+. The van der Waals surface area contributed by atoms with Gasteiger partial charge in [-0.25, -0.2) is 4.57 Å². The van der Waals surface area contributed by atoms with E-state index >= 15 is 0 Å². The molecule has 0 fully saturated rings. The summed E-state index contributed by atoms with van der Waals surface area (Å²) in [6, 6.07) is 0. The van der Waals surface area contributed by atoms with Crippen molar-refractivity contribution in [3.8, 4) is 0 Å². The first-order chi connectivity index (χ1) is 46.0. The van der Waals surface area contributed by atoms with E-state index in [-0.39, 0.29) is 32.0 Å². The van der Waals surface area contributed by atoms with Gasteiger partial charge in [-0.3, -0.25) is 18.6 Å². The maximum absolute atomic E-state index is 12.9. The summed E-state index contributed by atoms with van der Waals surface area (Å²) in [6.45, 7) is 4.23. The average molecular weight is 1330 g/mol. The fourth-order valence-corrected chi connectivity index (χ4v) is 11.6. The third-order valence-electron chi connectivity index (χ3n) is 16.7. The van der Waals surface area contributed by atoms with Crippen LogP contribution < -0.4 is 0 Å². The van der Waals surface area contributed by atoms with Gasteiger partial charge in [-0.05, 0) is 109 Å². The van der Waals surface area contributed by atoms with Gasteiger partial charge >= 0.3 is 19.8 Å². The Hall–Kier alpha value is -3.85. The summed E-state index contributed by atoms with van der Waals surface area (Å²) in [5.41, 5.74) is 0. The number of carbonyl (C=O) groups is 2. The fraction of sp³-hybridized carbons (Fsp3) is 0.714. The lowest BCUT2D eigenvalue weighted by Gasteiger charge is -2.24. The Morgan fingerprint density at radius 2 is 0.574 bits per heavy atom. The molecule has 2 atom stereocenters. The summed E-state index contributed by atoms with van der Waals surface area (Å²) < 4.78 is 34.8. The summed E-state index contributed by atoms with van der Waals surface area (Å²) >= 11 is 0. The number of nitrogens with zero attached hydrogens (tertiary/aromatic N) is 1. The van der Waals surface area contributed by atoms with Gasteiger partial charge in [0, 0.05) is 12.8 Å². The number of hydrogen-bond donors (Lipinski definition) is 1. The summed E-state index contributed by atoms with van der Waals surface area (Å²) in [5.74, 6) is -0.793. The molecule has 10 heteroatoms.